The van der Waals surface area contributed by atoms with Gasteiger partial charge >= 0.3 is 5.97 Å². The van der Waals surface area contributed by atoms with Gasteiger partial charge < -0.3 is 47.9 Å². The second-order valence-electron chi connectivity index (χ2n) is 8.17. The minimum atomic E-state index is -1.54. The Morgan fingerprint density at radius 1 is 1.26 bits per heavy atom. The van der Waals surface area contributed by atoms with E-state index >= 15 is 0 Å². The van der Waals surface area contributed by atoms with Crippen LogP contribution in [-0.4, -0.2) is 98.6 Å². The van der Waals surface area contributed by atoms with Crippen molar-refractivity contribution in [2.24, 2.45) is 22.2 Å². The molecule has 1 saturated heterocycles. The summed E-state index contributed by atoms with van der Waals surface area (Å²) in [5, 5.41) is 23.1. The smallest absolute Gasteiger partial charge is 0.328 e. The summed E-state index contributed by atoms with van der Waals surface area (Å²) >= 11 is 0. The van der Waals surface area contributed by atoms with Crippen molar-refractivity contribution >= 4 is 29.7 Å². The molecule has 1 aliphatic heterocycles. The van der Waals surface area contributed by atoms with E-state index in [2.05, 4.69) is 25.6 Å². The number of guanidine groups is 1. The maximum atomic E-state index is 13.1. The number of hydrogen-bond donors (Lipinski definition) is 8. The third kappa shape index (κ3) is 8.22. The van der Waals surface area contributed by atoms with E-state index in [1.165, 1.54) is 17.4 Å². The number of nitrogens with two attached hydrogens (primary N) is 3. The molecule has 1 aliphatic rings. The third-order valence-corrected chi connectivity index (χ3v) is 5.53. The van der Waals surface area contributed by atoms with E-state index in [0.717, 1.165) is 0 Å². The van der Waals surface area contributed by atoms with Crippen LogP contribution in [0.1, 0.15) is 31.4 Å². The lowest BCUT2D eigenvalue weighted by Gasteiger charge is -2.28. The summed E-state index contributed by atoms with van der Waals surface area (Å²) in [6.45, 7) is -0.165. The first-order valence-electron chi connectivity index (χ1n) is 11.2. The van der Waals surface area contributed by atoms with Crippen LogP contribution in [-0.2, 0) is 25.6 Å². The van der Waals surface area contributed by atoms with Crippen molar-refractivity contribution in [3.05, 3.63) is 18.2 Å². The van der Waals surface area contributed by atoms with Gasteiger partial charge in [-0.2, -0.15) is 0 Å². The Morgan fingerprint density at radius 3 is 2.60 bits per heavy atom. The molecule has 0 aliphatic carbocycles. The quantitative estimate of drug-likeness (QED) is 0.0756. The molecule has 4 atom stereocenters. The van der Waals surface area contributed by atoms with Crippen molar-refractivity contribution < 1.29 is 29.4 Å². The SMILES string of the molecule is NC(N)=NCCCC(N)C(=O)N1CCCC1C(=O)NC(Cc1cnc[nH]1)C(=O)NC(CO)C(=O)O. The van der Waals surface area contributed by atoms with Gasteiger partial charge in [-0.1, -0.05) is 0 Å². The first-order valence-corrected chi connectivity index (χ1v) is 11.2. The monoisotopic (exact) mass is 495 g/mol. The molecule has 194 valence electrons. The number of aliphatic carboxylic acids is 1. The molecule has 0 radical (unpaired) electrons. The molecule has 3 amide bonds. The Morgan fingerprint density at radius 2 is 2.00 bits per heavy atom. The summed E-state index contributed by atoms with van der Waals surface area (Å²) in [6.07, 6.45) is 4.60. The van der Waals surface area contributed by atoms with Crippen molar-refractivity contribution in [3.63, 3.8) is 0 Å². The van der Waals surface area contributed by atoms with Crippen molar-refractivity contribution in [1.29, 1.82) is 0 Å². The van der Waals surface area contributed by atoms with E-state index in [1.807, 2.05) is 0 Å². The number of nitrogens with zero attached hydrogens (tertiary/aromatic N) is 3. The number of likely N-dealkylation sites (tertiary alicyclic amines) is 1. The highest BCUT2D eigenvalue weighted by molar-refractivity contribution is 5.94. The lowest BCUT2D eigenvalue weighted by Crippen LogP contribution is -2.57. The Hall–Kier alpha value is -3.72. The molecule has 0 bridgehead atoms. The zero-order valence-corrected chi connectivity index (χ0v) is 19.2. The number of aromatic amines is 1. The van der Waals surface area contributed by atoms with Crippen LogP contribution in [0.4, 0.5) is 0 Å². The number of nitrogens with one attached hydrogen (secondary N) is 3. The van der Waals surface area contributed by atoms with Gasteiger partial charge in [-0.05, 0) is 25.7 Å². The molecule has 35 heavy (non-hydrogen) atoms. The van der Waals surface area contributed by atoms with Crippen molar-refractivity contribution in [2.45, 2.75) is 56.3 Å². The molecule has 4 unspecified atom stereocenters. The second-order valence-corrected chi connectivity index (χ2v) is 8.17. The largest absolute Gasteiger partial charge is 0.480 e. The van der Waals surface area contributed by atoms with E-state index in [4.69, 9.17) is 22.3 Å². The normalized spacial score (nSPS) is 17.8. The van der Waals surface area contributed by atoms with E-state index < -0.39 is 54.5 Å². The van der Waals surface area contributed by atoms with Gasteiger partial charge in [-0.25, -0.2) is 9.78 Å². The lowest BCUT2D eigenvalue weighted by atomic mass is 10.1. The lowest BCUT2D eigenvalue weighted by molar-refractivity contribution is -0.144. The zero-order valence-electron chi connectivity index (χ0n) is 19.2. The fourth-order valence-electron chi connectivity index (χ4n) is 3.71. The predicted octanol–water partition coefficient (Wildman–Crippen LogP) is -3.63. The number of rotatable bonds is 13. The van der Waals surface area contributed by atoms with Crippen LogP contribution in [0.3, 0.4) is 0 Å². The Balaban J connectivity index is 2.06. The van der Waals surface area contributed by atoms with Gasteiger partial charge in [0.05, 0.1) is 19.0 Å². The minimum Gasteiger partial charge on any atom is -0.480 e. The number of carboxylic acids is 1. The number of imidazole rings is 1. The molecule has 1 aromatic rings. The maximum Gasteiger partial charge on any atom is 0.328 e. The molecule has 1 aromatic heterocycles. The van der Waals surface area contributed by atoms with E-state index in [9.17, 15) is 24.3 Å². The van der Waals surface area contributed by atoms with Crippen LogP contribution in [0.15, 0.2) is 17.5 Å². The summed E-state index contributed by atoms with van der Waals surface area (Å²) < 4.78 is 0. The zero-order chi connectivity index (χ0) is 26.0. The van der Waals surface area contributed by atoms with Crippen LogP contribution < -0.4 is 27.8 Å². The number of aliphatic hydroxyl groups excluding tert-OH is 1. The van der Waals surface area contributed by atoms with Crippen LogP contribution in [0.5, 0.6) is 0 Å². The van der Waals surface area contributed by atoms with Crippen molar-refractivity contribution in [2.75, 3.05) is 19.7 Å². The van der Waals surface area contributed by atoms with E-state index in [1.54, 1.807) is 0 Å². The topological polar surface area (TPSA) is 255 Å². The number of aliphatic hydroxyl groups is 1. The van der Waals surface area contributed by atoms with Crippen molar-refractivity contribution in [3.8, 4) is 0 Å². The first-order chi connectivity index (χ1) is 16.6. The highest BCUT2D eigenvalue weighted by atomic mass is 16.4. The highest BCUT2D eigenvalue weighted by Gasteiger charge is 2.38. The molecule has 2 rings (SSSR count). The van der Waals surface area contributed by atoms with Crippen LogP contribution >= 0.6 is 0 Å². The van der Waals surface area contributed by atoms with Gasteiger partial charge in [0.25, 0.3) is 0 Å². The average Bonchev–Trinajstić information content (AvgIpc) is 3.50. The van der Waals surface area contributed by atoms with Gasteiger partial charge in [-0.3, -0.25) is 19.4 Å². The molecule has 2 heterocycles. The van der Waals surface area contributed by atoms with E-state index in [0.29, 0.717) is 44.5 Å². The molecule has 0 saturated carbocycles. The molecule has 15 nitrogen and oxygen atoms in total. The number of carbonyl (C=O) groups excluding carboxylic acids is 3. The molecular formula is C20H33N9O6. The summed E-state index contributed by atoms with van der Waals surface area (Å²) in [7, 11) is 0. The second kappa shape index (κ2) is 13.2. The van der Waals surface area contributed by atoms with Crippen LogP contribution in [0.2, 0.25) is 0 Å². The summed E-state index contributed by atoms with van der Waals surface area (Å²) in [5.41, 5.74) is 17.1. The fourth-order valence-corrected chi connectivity index (χ4v) is 3.71. The number of carboxylic acid groups (broad SMARTS) is 1. The third-order valence-electron chi connectivity index (χ3n) is 5.53. The van der Waals surface area contributed by atoms with Gasteiger partial charge in [0.2, 0.25) is 17.7 Å². The molecule has 15 heteroatoms. The summed E-state index contributed by atoms with van der Waals surface area (Å²) in [4.78, 5) is 61.8. The molecule has 0 aromatic carbocycles. The van der Waals surface area contributed by atoms with Crippen molar-refractivity contribution in [1.82, 2.24) is 25.5 Å². The first kappa shape index (κ1) is 27.5. The van der Waals surface area contributed by atoms with Gasteiger partial charge in [0.15, 0.2) is 5.96 Å². The predicted molar refractivity (Wildman–Crippen MR) is 123 cm³/mol. The Labute approximate surface area is 201 Å². The molecule has 11 N–H and O–H groups in total. The van der Waals surface area contributed by atoms with Gasteiger partial charge in [0.1, 0.15) is 18.1 Å². The maximum absolute atomic E-state index is 13.1. The Kier molecular flexibility index (Phi) is 10.4. The van der Waals surface area contributed by atoms with Gasteiger partial charge in [0, 0.05) is 31.4 Å². The number of hydrogen-bond acceptors (Lipinski definition) is 8. The average molecular weight is 496 g/mol. The number of aromatic nitrogens is 2. The van der Waals surface area contributed by atoms with Crippen LogP contribution in [0, 0.1) is 0 Å². The summed E-state index contributed by atoms with van der Waals surface area (Å²) in [5.74, 6) is -3.24. The standard InChI is InChI=1S/C20H33N9O6/c21-12(3-1-5-25-20(22)23)18(33)29-6-2-4-15(29)17(32)27-13(7-11-8-24-10-26-11)16(31)28-14(9-30)19(34)35/h8,10,12-15,30H,1-7,9,21H2,(H,24,26)(H,27,32)(H,28,31)(H,34,35)(H4,22,23,25). The van der Waals surface area contributed by atoms with Gasteiger partial charge in [-0.15, -0.1) is 0 Å². The number of H-pyrrole nitrogens is 1. The van der Waals surface area contributed by atoms with E-state index in [-0.39, 0.29) is 12.4 Å². The number of carbonyl (C=O) groups is 4. The minimum absolute atomic E-state index is 0.0136. The molecule has 0 spiro atoms. The number of aliphatic imine (C=N–C) groups is 1. The highest BCUT2D eigenvalue weighted by Crippen LogP contribution is 2.19. The molecular weight excluding hydrogens is 462 g/mol. The summed E-state index contributed by atoms with van der Waals surface area (Å²) in [6, 6.07) is -4.40. The number of amides is 3. The Bertz CT molecular complexity index is 903. The fraction of sp³-hybridized carbons (Fsp3) is 0.600. The van der Waals surface area contributed by atoms with Crippen LogP contribution in [0.25, 0.3) is 0 Å². The molecule has 1 fully saturated rings.